The van der Waals surface area contributed by atoms with E-state index in [1.807, 2.05) is 37.3 Å². The molecule has 0 radical (unpaired) electrons. The number of halogens is 3. The first-order valence-electron chi connectivity index (χ1n) is 7.98. The second-order valence-corrected chi connectivity index (χ2v) is 5.85. The Morgan fingerprint density at radius 1 is 1.00 bits per heavy atom. The molecule has 1 aromatic heterocycles. The molecule has 0 aliphatic rings. The molecule has 1 N–H and O–H groups in total. The van der Waals surface area contributed by atoms with Gasteiger partial charge in [0.2, 0.25) is 0 Å². The Kier molecular flexibility index (Phi) is 4.84. The van der Waals surface area contributed by atoms with Crippen molar-refractivity contribution < 1.29 is 22.4 Å². The molecule has 3 rings (SSSR count). The Morgan fingerprint density at radius 2 is 1.73 bits per heavy atom. The first-order valence-corrected chi connectivity index (χ1v) is 7.98. The van der Waals surface area contributed by atoms with E-state index in [2.05, 4.69) is 5.32 Å². The van der Waals surface area contributed by atoms with Crippen molar-refractivity contribution in [2.45, 2.75) is 19.1 Å². The van der Waals surface area contributed by atoms with E-state index in [4.69, 9.17) is 4.42 Å². The van der Waals surface area contributed by atoms with Crippen LogP contribution in [0.3, 0.4) is 0 Å². The molecule has 3 nitrogen and oxygen atoms in total. The van der Waals surface area contributed by atoms with Gasteiger partial charge in [-0.3, -0.25) is 4.79 Å². The quantitative estimate of drug-likeness (QED) is 0.672. The summed E-state index contributed by atoms with van der Waals surface area (Å²) in [5.41, 5.74) is 0.426. The smallest absolute Gasteiger partial charge is 0.416 e. The zero-order chi connectivity index (χ0) is 18.7. The molecular formula is C20H16F3NO2. The van der Waals surface area contributed by atoms with Crippen LogP contribution in [0.4, 0.5) is 13.2 Å². The second kappa shape index (κ2) is 7.07. The third-order valence-corrected chi connectivity index (χ3v) is 3.95. The third kappa shape index (κ3) is 3.96. The van der Waals surface area contributed by atoms with Crippen LogP contribution in [0.2, 0.25) is 0 Å². The zero-order valence-electron chi connectivity index (χ0n) is 13.9. The van der Waals surface area contributed by atoms with Crippen LogP contribution in [0.1, 0.15) is 34.6 Å². The van der Waals surface area contributed by atoms with Gasteiger partial charge in [0.05, 0.1) is 11.6 Å². The number of nitrogens with one attached hydrogen (secondary N) is 1. The summed E-state index contributed by atoms with van der Waals surface area (Å²) in [6.45, 7) is 1.84. The fourth-order valence-corrected chi connectivity index (χ4v) is 2.56. The molecule has 1 atom stereocenters. The molecular weight excluding hydrogens is 343 g/mol. The van der Waals surface area contributed by atoms with Crippen LogP contribution in [0.5, 0.6) is 0 Å². The Labute approximate surface area is 148 Å². The monoisotopic (exact) mass is 359 g/mol. The number of rotatable bonds is 4. The van der Waals surface area contributed by atoms with Crippen molar-refractivity contribution in [3.8, 4) is 11.3 Å². The molecule has 6 heteroatoms. The number of hydrogen-bond acceptors (Lipinski definition) is 2. The highest BCUT2D eigenvalue weighted by Crippen LogP contribution is 2.32. The summed E-state index contributed by atoms with van der Waals surface area (Å²) in [5, 5.41) is 2.80. The lowest BCUT2D eigenvalue weighted by Gasteiger charge is -2.13. The van der Waals surface area contributed by atoms with Gasteiger partial charge < -0.3 is 9.73 Å². The molecule has 0 saturated heterocycles. The first-order chi connectivity index (χ1) is 12.3. The highest BCUT2D eigenvalue weighted by molar-refractivity contribution is 5.92. The van der Waals surface area contributed by atoms with Gasteiger partial charge >= 0.3 is 6.18 Å². The van der Waals surface area contributed by atoms with Crippen LogP contribution in [0, 0.1) is 0 Å². The lowest BCUT2D eigenvalue weighted by molar-refractivity contribution is -0.137. The van der Waals surface area contributed by atoms with Gasteiger partial charge in [0.15, 0.2) is 5.76 Å². The fraction of sp³-hybridized carbons (Fsp3) is 0.150. The lowest BCUT2D eigenvalue weighted by Crippen LogP contribution is -2.26. The van der Waals surface area contributed by atoms with Crippen LogP contribution < -0.4 is 5.32 Å². The predicted molar refractivity (Wildman–Crippen MR) is 91.5 cm³/mol. The Hall–Kier alpha value is -3.02. The predicted octanol–water partition coefficient (Wildman–Crippen LogP) is 5.46. The molecule has 3 aromatic rings. The summed E-state index contributed by atoms with van der Waals surface area (Å²) in [5.74, 6) is -0.187. The van der Waals surface area contributed by atoms with E-state index in [1.54, 1.807) is 0 Å². The van der Waals surface area contributed by atoms with Gasteiger partial charge in [-0.15, -0.1) is 0 Å². The molecule has 0 saturated carbocycles. The molecule has 1 heterocycles. The van der Waals surface area contributed by atoms with Crippen molar-refractivity contribution in [3.05, 3.63) is 83.6 Å². The highest BCUT2D eigenvalue weighted by atomic mass is 19.4. The van der Waals surface area contributed by atoms with Gasteiger partial charge in [-0.25, -0.2) is 0 Å². The topological polar surface area (TPSA) is 42.2 Å². The SMILES string of the molecule is CC(NC(=O)c1ccc(-c2cccc(C(F)(F)F)c2)o1)c1ccccc1. The van der Waals surface area contributed by atoms with Gasteiger partial charge in [-0.2, -0.15) is 13.2 Å². The molecule has 134 valence electrons. The number of furan rings is 1. The maximum Gasteiger partial charge on any atom is 0.416 e. The number of carbonyl (C=O) groups excluding carboxylic acids is 1. The Morgan fingerprint density at radius 3 is 2.42 bits per heavy atom. The molecule has 0 aliphatic carbocycles. The van der Waals surface area contributed by atoms with Crippen LogP contribution in [0.15, 0.2) is 71.1 Å². The van der Waals surface area contributed by atoms with E-state index in [0.29, 0.717) is 0 Å². The highest BCUT2D eigenvalue weighted by Gasteiger charge is 2.30. The van der Waals surface area contributed by atoms with Crippen molar-refractivity contribution >= 4 is 5.91 Å². The molecule has 0 aliphatic heterocycles. The molecule has 0 fully saturated rings. The summed E-state index contributed by atoms with van der Waals surface area (Å²) < 4.78 is 43.9. The van der Waals surface area contributed by atoms with Gasteiger partial charge in [0.1, 0.15) is 5.76 Å². The van der Waals surface area contributed by atoms with Crippen LogP contribution >= 0.6 is 0 Å². The molecule has 1 amide bonds. The number of carbonyl (C=O) groups is 1. The van der Waals surface area contributed by atoms with Crippen molar-refractivity contribution in [2.75, 3.05) is 0 Å². The number of amides is 1. The maximum absolute atomic E-state index is 12.8. The second-order valence-electron chi connectivity index (χ2n) is 5.85. The maximum atomic E-state index is 12.8. The van der Waals surface area contributed by atoms with E-state index in [9.17, 15) is 18.0 Å². The van der Waals surface area contributed by atoms with Crippen molar-refractivity contribution in [1.82, 2.24) is 5.32 Å². The van der Waals surface area contributed by atoms with E-state index < -0.39 is 17.6 Å². The molecule has 26 heavy (non-hydrogen) atoms. The normalized spacial score (nSPS) is 12.6. The standard InChI is InChI=1S/C20H16F3NO2/c1-13(14-6-3-2-4-7-14)24-19(25)18-11-10-17(26-18)15-8-5-9-16(12-15)20(21,22)23/h2-13H,1H3,(H,24,25). The van der Waals surface area contributed by atoms with Crippen LogP contribution in [-0.4, -0.2) is 5.91 Å². The minimum absolute atomic E-state index is 0.0418. The van der Waals surface area contributed by atoms with Crippen molar-refractivity contribution in [1.29, 1.82) is 0 Å². The first kappa shape index (κ1) is 17.8. The molecule has 1 unspecified atom stereocenters. The molecule has 0 bridgehead atoms. The minimum atomic E-state index is -4.44. The van der Waals surface area contributed by atoms with Crippen molar-refractivity contribution in [2.24, 2.45) is 0 Å². The van der Waals surface area contributed by atoms with Crippen LogP contribution in [-0.2, 0) is 6.18 Å². The zero-order valence-corrected chi connectivity index (χ0v) is 13.9. The lowest BCUT2D eigenvalue weighted by atomic mass is 10.1. The minimum Gasteiger partial charge on any atom is -0.451 e. The molecule has 2 aromatic carbocycles. The summed E-state index contributed by atoms with van der Waals surface area (Å²) in [6.07, 6.45) is -4.44. The van der Waals surface area contributed by atoms with E-state index >= 15 is 0 Å². The number of alkyl halides is 3. The summed E-state index contributed by atoms with van der Waals surface area (Å²) in [7, 11) is 0. The van der Waals surface area contributed by atoms with Gasteiger partial charge in [-0.1, -0.05) is 42.5 Å². The number of hydrogen-bond donors (Lipinski definition) is 1. The van der Waals surface area contributed by atoms with Crippen LogP contribution in [0.25, 0.3) is 11.3 Å². The summed E-state index contributed by atoms with van der Waals surface area (Å²) in [4.78, 5) is 12.3. The van der Waals surface area contributed by atoms with E-state index in [0.717, 1.165) is 17.7 Å². The summed E-state index contributed by atoms with van der Waals surface area (Å²) >= 11 is 0. The Balaban J connectivity index is 1.76. The third-order valence-electron chi connectivity index (χ3n) is 3.95. The average Bonchev–Trinajstić information content (AvgIpc) is 3.12. The van der Waals surface area contributed by atoms with Gasteiger partial charge in [0.25, 0.3) is 5.91 Å². The fourth-order valence-electron chi connectivity index (χ4n) is 2.56. The average molecular weight is 359 g/mol. The van der Waals surface area contributed by atoms with Gasteiger partial charge in [-0.05, 0) is 36.8 Å². The van der Waals surface area contributed by atoms with Gasteiger partial charge in [0, 0.05) is 5.56 Å². The van der Waals surface area contributed by atoms with E-state index in [1.165, 1.54) is 24.3 Å². The molecule has 0 spiro atoms. The van der Waals surface area contributed by atoms with E-state index in [-0.39, 0.29) is 23.1 Å². The number of benzene rings is 2. The Bertz CT molecular complexity index is 901. The summed E-state index contributed by atoms with van der Waals surface area (Å²) in [6, 6.07) is 16.9. The largest absolute Gasteiger partial charge is 0.451 e. The van der Waals surface area contributed by atoms with Crippen molar-refractivity contribution in [3.63, 3.8) is 0 Å².